The van der Waals surface area contributed by atoms with Crippen LogP contribution in [-0.2, 0) is 20.7 Å². The van der Waals surface area contributed by atoms with Gasteiger partial charge in [-0.2, -0.15) is 0 Å². The molecule has 0 aromatic heterocycles. The first-order chi connectivity index (χ1) is 12.6. The van der Waals surface area contributed by atoms with E-state index >= 15 is 0 Å². The van der Waals surface area contributed by atoms with Gasteiger partial charge in [-0.1, -0.05) is 0 Å². The number of likely N-dealkylation sites (tertiary alicyclic amines) is 1. The molecule has 7 nitrogen and oxygen atoms in total. The molecular weight excluding hydrogens is 338 g/mol. The van der Waals surface area contributed by atoms with E-state index in [1.807, 2.05) is 17.0 Å². The zero-order valence-corrected chi connectivity index (χ0v) is 15.7. The molecule has 144 valence electrons. The van der Waals surface area contributed by atoms with Crippen LogP contribution in [0, 0.1) is 0 Å². The Balaban J connectivity index is 1.58. The number of amides is 1. The van der Waals surface area contributed by atoms with Crippen LogP contribution < -0.4 is 14.2 Å². The third-order valence-electron chi connectivity index (χ3n) is 5.04. The largest absolute Gasteiger partial charge is 0.493 e. The summed E-state index contributed by atoms with van der Waals surface area (Å²) in [4.78, 5) is 14.5. The minimum absolute atomic E-state index is 0.145. The van der Waals surface area contributed by atoms with Crippen LogP contribution >= 0.6 is 0 Å². The molecule has 3 rings (SSSR count). The highest BCUT2D eigenvalue weighted by molar-refractivity contribution is 5.76. The van der Waals surface area contributed by atoms with Gasteiger partial charge >= 0.3 is 0 Å². The second-order valence-corrected chi connectivity index (χ2v) is 6.52. The van der Waals surface area contributed by atoms with Crippen molar-refractivity contribution in [2.45, 2.75) is 31.5 Å². The molecule has 1 aromatic carbocycles. The molecule has 0 radical (unpaired) electrons. The van der Waals surface area contributed by atoms with E-state index in [0.29, 0.717) is 56.4 Å². The lowest BCUT2D eigenvalue weighted by Gasteiger charge is -2.37. The van der Waals surface area contributed by atoms with Crippen LogP contribution in [0.5, 0.6) is 17.2 Å². The predicted molar refractivity (Wildman–Crippen MR) is 94.9 cm³/mol. The fourth-order valence-corrected chi connectivity index (χ4v) is 3.57. The number of piperidine rings is 1. The molecule has 2 aliphatic rings. The summed E-state index contributed by atoms with van der Waals surface area (Å²) in [6.45, 7) is 2.65. The van der Waals surface area contributed by atoms with E-state index in [4.69, 9.17) is 23.7 Å². The highest BCUT2D eigenvalue weighted by Crippen LogP contribution is 2.38. The van der Waals surface area contributed by atoms with E-state index in [9.17, 15) is 4.79 Å². The zero-order chi connectivity index (χ0) is 18.6. The normalized spacial score (nSPS) is 18.8. The SMILES string of the molecule is COc1cc(CCC(=O)N2CCC3(CC2)OCCO3)cc(OC)c1OC. The number of benzene rings is 1. The van der Waals surface area contributed by atoms with E-state index in [1.54, 1.807) is 21.3 Å². The van der Waals surface area contributed by atoms with Crippen molar-refractivity contribution in [3.8, 4) is 17.2 Å². The molecule has 26 heavy (non-hydrogen) atoms. The van der Waals surface area contributed by atoms with Crippen LogP contribution in [-0.4, -0.2) is 64.2 Å². The smallest absolute Gasteiger partial charge is 0.222 e. The average molecular weight is 365 g/mol. The van der Waals surface area contributed by atoms with Crippen LogP contribution in [0.15, 0.2) is 12.1 Å². The third kappa shape index (κ3) is 3.88. The first-order valence-corrected chi connectivity index (χ1v) is 8.95. The Morgan fingerprint density at radius 2 is 1.62 bits per heavy atom. The molecule has 2 fully saturated rings. The van der Waals surface area contributed by atoms with Crippen molar-refractivity contribution in [3.05, 3.63) is 17.7 Å². The molecule has 0 unspecified atom stereocenters. The molecule has 7 heteroatoms. The Bertz CT molecular complexity index is 606. The standard InChI is InChI=1S/C19H27NO6/c1-22-15-12-14(13-16(23-2)18(15)24-3)4-5-17(21)20-8-6-19(7-9-20)25-10-11-26-19/h12-13H,4-11H2,1-3H3. The number of carbonyl (C=O) groups is 1. The number of nitrogens with zero attached hydrogens (tertiary/aromatic N) is 1. The predicted octanol–water partition coefficient (Wildman–Crippen LogP) is 2.01. The second kappa shape index (κ2) is 8.14. The maximum Gasteiger partial charge on any atom is 0.222 e. The Morgan fingerprint density at radius 1 is 1.04 bits per heavy atom. The van der Waals surface area contributed by atoms with Crippen molar-refractivity contribution in [2.24, 2.45) is 0 Å². The fraction of sp³-hybridized carbons (Fsp3) is 0.632. The van der Waals surface area contributed by atoms with Gasteiger partial charge in [0.15, 0.2) is 17.3 Å². The van der Waals surface area contributed by atoms with Gasteiger partial charge in [-0.15, -0.1) is 0 Å². The van der Waals surface area contributed by atoms with Gasteiger partial charge in [0, 0.05) is 32.4 Å². The summed E-state index contributed by atoms with van der Waals surface area (Å²) < 4.78 is 27.5. The van der Waals surface area contributed by atoms with Gasteiger partial charge in [0.2, 0.25) is 11.7 Å². The van der Waals surface area contributed by atoms with Gasteiger partial charge < -0.3 is 28.6 Å². The Hall–Kier alpha value is -1.99. The van der Waals surface area contributed by atoms with Crippen molar-refractivity contribution < 1.29 is 28.5 Å². The van der Waals surface area contributed by atoms with Gasteiger partial charge in [0.05, 0.1) is 34.5 Å². The van der Waals surface area contributed by atoms with Gasteiger partial charge in [0.25, 0.3) is 0 Å². The molecule has 0 atom stereocenters. The number of ether oxygens (including phenoxy) is 5. The number of hydrogen-bond donors (Lipinski definition) is 0. The maximum atomic E-state index is 12.6. The Kier molecular flexibility index (Phi) is 5.88. The molecule has 0 bridgehead atoms. The van der Waals surface area contributed by atoms with E-state index < -0.39 is 5.79 Å². The Morgan fingerprint density at radius 3 is 2.12 bits per heavy atom. The van der Waals surface area contributed by atoms with Crippen LogP contribution in [0.2, 0.25) is 0 Å². The van der Waals surface area contributed by atoms with E-state index in [2.05, 4.69) is 0 Å². The van der Waals surface area contributed by atoms with E-state index in [1.165, 1.54) is 0 Å². The van der Waals surface area contributed by atoms with Crippen LogP contribution in [0.3, 0.4) is 0 Å². The molecule has 2 saturated heterocycles. The van der Waals surface area contributed by atoms with Gasteiger partial charge in [-0.05, 0) is 24.1 Å². The van der Waals surface area contributed by atoms with Gasteiger partial charge in [-0.25, -0.2) is 0 Å². The minimum Gasteiger partial charge on any atom is -0.493 e. The van der Waals surface area contributed by atoms with Crippen molar-refractivity contribution in [1.82, 2.24) is 4.90 Å². The highest BCUT2D eigenvalue weighted by Gasteiger charge is 2.40. The number of methoxy groups -OCH3 is 3. The number of rotatable bonds is 6. The summed E-state index contributed by atoms with van der Waals surface area (Å²) in [6, 6.07) is 3.78. The number of hydrogen-bond acceptors (Lipinski definition) is 6. The summed E-state index contributed by atoms with van der Waals surface area (Å²) >= 11 is 0. The van der Waals surface area contributed by atoms with Gasteiger partial charge in [0.1, 0.15) is 0 Å². The fourth-order valence-electron chi connectivity index (χ4n) is 3.57. The third-order valence-corrected chi connectivity index (χ3v) is 5.04. The lowest BCUT2D eigenvalue weighted by atomic mass is 10.0. The van der Waals surface area contributed by atoms with Crippen molar-refractivity contribution in [2.75, 3.05) is 47.6 Å². The summed E-state index contributed by atoms with van der Waals surface area (Å²) in [5, 5.41) is 0. The topological polar surface area (TPSA) is 66.5 Å². The lowest BCUT2D eigenvalue weighted by Crippen LogP contribution is -2.47. The molecule has 0 N–H and O–H groups in total. The second-order valence-electron chi connectivity index (χ2n) is 6.52. The number of carbonyl (C=O) groups excluding carboxylic acids is 1. The van der Waals surface area contributed by atoms with Gasteiger partial charge in [-0.3, -0.25) is 4.79 Å². The highest BCUT2D eigenvalue weighted by atomic mass is 16.7. The molecule has 0 saturated carbocycles. The summed E-state index contributed by atoms with van der Waals surface area (Å²) in [5.41, 5.74) is 0.976. The van der Waals surface area contributed by atoms with Crippen molar-refractivity contribution >= 4 is 5.91 Å². The summed E-state index contributed by atoms with van der Waals surface area (Å²) in [6.07, 6.45) is 2.53. The Labute approximate surface area is 154 Å². The van der Waals surface area contributed by atoms with Crippen molar-refractivity contribution in [1.29, 1.82) is 0 Å². The molecule has 1 amide bonds. The lowest BCUT2D eigenvalue weighted by molar-refractivity contribution is -0.187. The molecule has 2 aliphatic heterocycles. The first-order valence-electron chi connectivity index (χ1n) is 8.95. The molecule has 2 heterocycles. The minimum atomic E-state index is -0.451. The average Bonchev–Trinajstić information content (AvgIpc) is 3.13. The molecule has 0 aliphatic carbocycles. The van der Waals surface area contributed by atoms with Crippen molar-refractivity contribution in [3.63, 3.8) is 0 Å². The van der Waals surface area contributed by atoms with Crippen LogP contribution in [0.1, 0.15) is 24.8 Å². The monoisotopic (exact) mass is 365 g/mol. The quantitative estimate of drug-likeness (QED) is 0.768. The zero-order valence-electron chi connectivity index (χ0n) is 15.7. The summed E-state index contributed by atoms with van der Waals surface area (Å²) in [5.74, 6) is 1.46. The van der Waals surface area contributed by atoms with Crippen LogP contribution in [0.25, 0.3) is 0 Å². The maximum absolute atomic E-state index is 12.6. The van der Waals surface area contributed by atoms with Crippen LogP contribution in [0.4, 0.5) is 0 Å². The molecular formula is C19H27NO6. The molecule has 1 spiro atoms. The first kappa shape index (κ1) is 18.8. The van der Waals surface area contributed by atoms with E-state index in [-0.39, 0.29) is 5.91 Å². The van der Waals surface area contributed by atoms with E-state index in [0.717, 1.165) is 18.4 Å². The molecule has 1 aromatic rings. The number of aryl methyl sites for hydroxylation is 1. The summed E-state index contributed by atoms with van der Waals surface area (Å²) in [7, 11) is 4.75.